The lowest BCUT2D eigenvalue weighted by molar-refractivity contribution is 0.435. The number of aromatic nitrogens is 2. The highest BCUT2D eigenvalue weighted by molar-refractivity contribution is 7.89. The van der Waals surface area contributed by atoms with Crippen LogP contribution in [0.5, 0.6) is 0 Å². The van der Waals surface area contributed by atoms with Gasteiger partial charge in [0.2, 0.25) is 0 Å². The van der Waals surface area contributed by atoms with Gasteiger partial charge in [0.25, 0.3) is 10.0 Å². The van der Waals surface area contributed by atoms with E-state index in [0.717, 1.165) is 18.7 Å². The normalized spacial score (nSPS) is 18.2. The molecule has 0 radical (unpaired) electrons. The molecule has 1 aliphatic heterocycles. The summed E-state index contributed by atoms with van der Waals surface area (Å²) >= 11 is 0. The van der Waals surface area contributed by atoms with Crippen molar-refractivity contribution >= 4 is 20.8 Å². The Kier molecular flexibility index (Phi) is 5.53. The third kappa shape index (κ3) is 3.71. The summed E-state index contributed by atoms with van der Waals surface area (Å²) in [6.07, 6.45) is 0.983. The topological polar surface area (TPSA) is 95.2 Å². The molecule has 2 N–H and O–H groups in total. The van der Waals surface area contributed by atoms with Crippen LogP contribution in [0.25, 0.3) is 0 Å². The molecule has 7 nitrogen and oxygen atoms in total. The van der Waals surface area contributed by atoms with Crippen molar-refractivity contribution < 1.29 is 12.6 Å². The Balaban J connectivity index is 2.21. The molecule has 9 heteroatoms. The highest BCUT2D eigenvalue weighted by Crippen LogP contribution is 2.21. The molecule has 2 rings (SSSR count). The third-order valence-electron chi connectivity index (χ3n) is 3.49. The Hall–Kier alpha value is -0.770. The molecular weight excluding hydrogens is 312 g/mol. The molecule has 1 aliphatic rings. The standard InChI is InChI=1S/C12H22N4O3S2/c1-3-4-13-9-11-10(2)14-15-12(11)21(18,19)16-5-7-20(17)8-6-16/h13H,3-9H2,1-2H3,(H,14,15). The highest BCUT2D eigenvalue weighted by atomic mass is 32.2. The van der Waals surface area contributed by atoms with E-state index in [1.54, 1.807) is 0 Å². The molecule has 120 valence electrons. The number of aryl methyl sites for hydroxylation is 1. The summed E-state index contributed by atoms with van der Waals surface area (Å²) in [6, 6.07) is 0. The van der Waals surface area contributed by atoms with E-state index in [-0.39, 0.29) is 5.03 Å². The summed E-state index contributed by atoms with van der Waals surface area (Å²) in [5, 5.41) is 10.1. The van der Waals surface area contributed by atoms with Crippen molar-refractivity contribution in [3.05, 3.63) is 11.3 Å². The van der Waals surface area contributed by atoms with E-state index < -0.39 is 20.8 Å². The molecule has 0 atom stereocenters. The zero-order chi connectivity index (χ0) is 15.5. The molecule has 2 heterocycles. The number of aromatic amines is 1. The maximum Gasteiger partial charge on any atom is 0.262 e. The number of H-pyrrole nitrogens is 1. The van der Waals surface area contributed by atoms with Gasteiger partial charge in [-0.1, -0.05) is 6.92 Å². The zero-order valence-corrected chi connectivity index (χ0v) is 14.0. The molecule has 1 fully saturated rings. The van der Waals surface area contributed by atoms with E-state index in [9.17, 15) is 12.6 Å². The van der Waals surface area contributed by atoms with Crippen molar-refractivity contribution in [3.8, 4) is 0 Å². The fraction of sp³-hybridized carbons (Fsp3) is 0.750. The lowest BCUT2D eigenvalue weighted by Gasteiger charge is -2.25. The summed E-state index contributed by atoms with van der Waals surface area (Å²) in [5.74, 6) is 0.790. The Morgan fingerprint density at radius 1 is 1.38 bits per heavy atom. The van der Waals surface area contributed by atoms with Gasteiger partial charge in [-0.2, -0.15) is 9.40 Å². The van der Waals surface area contributed by atoms with Gasteiger partial charge >= 0.3 is 0 Å². The van der Waals surface area contributed by atoms with E-state index in [2.05, 4.69) is 22.4 Å². The van der Waals surface area contributed by atoms with Crippen LogP contribution in [-0.4, -0.2) is 58.3 Å². The van der Waals surface area contributed by atoms with Gasteiger partial charge in [0.05, 0.1) is 0 Å². The van der Waals surface area contributed by atoms with Crippen molar-refractivity contribution in [1.82, 2.24) is 19.8 Å². The zero-order valence-electron chi connectivity index (χ0n) is 12.4. The van der Waals surface area contributed by atoms with Crippen molar-refractivity contribution in [2.45, 2.75) is 31.8 Å². The minimum absolute atomic E-state index is 0.0938. The molecule has 21 heavy (non-hydrogen) atoms. The van der Waals surface area contributed by atoms with Gasteiger partial charge < -0.3 is 5.32 Å². The van der Waals surface area contributed by atoms with Crippen LogP contribution in [0.4, 0.5) is 0 Å². The van der Waals surface area contributed by atoms with Crippen molar-refractivity contribution in [1.29, 1.82) is 0 Å². The first-order valence-corrected chi connectivity index (χ1v) is 9.99. The van der Waals surface area contributed by atoms with Crippen molar-refractivity contribution in [3.63, 3.8) is 0 Å². The number of hydrogen-bond donors (Lipinski definition) is 2. The molecule has 1 aromatic heterocycles. The summed E-state index contributed by atoms with van der Waals surface area (Å²) in [4.78, 5) is 0. The fourth-order valence-corrected chi connectivity index (χ4v) is 5.11. The van der Waals surface area contributed by atoms with E-state index in [4.69, 9.17) is 0 Å². The van der Waals surface area contributed by atoms with Gasteiger partial charge in [0, 0.05) is 53.2 Å². The maximum absolute atomic E-state index is 12.7. The largest absolute Gasteiger partial charge is 0.313 e. The third-order valence-corrected chi connectivity index (χ3v) is 6.63. The predicted octanol–water partition coefficient (Wildman–Crippen LogP) is -0.0293. The molecule has 0 saturated carbocycles. The number of hydrogen-bond acceptors (Lipinski definition) is 5. The second kappa shape index (κ2) is 6.99. The van der Waals surface area contributed by atoms with Crippen LogP contribution in [0.3, 0.4) is 0 Å². The molecule has 0 spiro atoms. The minimum atomic E-state index is -3.62. The van der Waals surface area contributed by atoms with Gasteiger partial charge in [0.15, 0.2) is 5.03 Å². The van der Waals surface area contributed by atoms with E-state index in [1.165, 1.54) is 4.31 Å². The quantitative estimate of drug-likeness (QED) is 0.713. The molecular formula is C12H22N4O3S2. The SMILES string of the molecule is CCCNCc1c(S(=O)(=O)N2CCS(=O)CC2)n[nH]c1C. The molecule has 1 saturated heterocycles. The molecule has 0 amide bonds. The average molecular weight is 334 g/mol. The van der Waals surface area contributed by atoms with Crippen LogP contribution in [0.2, 0.25) is 0 Å². The van der Waals surface area contributed by atoms with E-state index in [1.807, 2.05) is 6.92 Å². The highest BCUT2D eigenvalue weighted by Gasteiger charge is 2.32. The molecule has 0 bridgehead atoms. The van der Waals surface area contributed by atoms with E-state index in [0.29, 0.717) is 36.7 Å². The van der Waals surface area contributed by atoms with Gasteiger partial charge in [-0.05, 0) is 19.9 Å². The lowest BCUT2D eigenvalue weighted by atomic mass is 10.2. The average Bonchev–Trinajstić information content (AvgIpc) is 2.82. The van der Waals surface area contributed by atoms with Gasteiger partial charge in [-0.25, -0.2) is 8.42 Å². The summed E-state index contributed by atoms with van der Waals surface area (Å²) in [5.41, 5.74) is 1.45. The molecule has 0 aromatic carbocycles. The van der Waals surface area contributed by atoms with Crippen LogP contribution < -0.4 is 5.32 Å². The van der Waals surface area contributed by atoms with Crippen molar-refractivity contribution in [2.24, 2.45) is 0 Å². The van der Waals surface area contributed by atoms with Crippen LogP contribution in [0.15, 0.2) is 5.03 Å². The predicted molar refractivity (Wildman–Crippen MR) is 82.0 cm³/mol. The summed E-state index contributed by atoms with van der Waals surface area (Å²) in [6.45, 7) is 5.77. The lowest BCUT2D eigenvalue weighted by Crippen LogP contribution is -2.42. The van der Waals surface area contributed by atoms with Crippen LogP contribution in [0.1, 0.15) is 24.6 Å². The first-order valence-electron chi connectivity index (χ1n) is 7.06. The maximum atomic E-state index is 12.7. The smallest absolute Gasteiger partial charge is 0.262 e. The number of sulfonamides is 1. The first kappa shape index (κ1) is 16.6. The number of rotatable bonds is 6. The van der Waals surface area contributed by atoms with Crippen LogP contribution in [-0.2, 0) is 27.4 Å². The van der Waals surface area contributed by atoms with Gasteiger partial charge in [0.1, 0.15) is 0 Å². The minimum Gasteiger partial charge on any atom is -0.313 e. The van der Waals surface area contributed by atoms with Crippen LogP contribution in [0, 0.1) is 6.92 Å². The Morgan fingerprint density at radius 2 is 2.05 bits per heavy atom. The van der Waals surface area contributed by atoms with Gasteiger partial charge in [-0.15, -0.1) is 0 Å². The van der Waals surface area contributed by atoms with Gasteiger partial charge in [-0.3, -0.25) is 9.31 Å². The monoisotopic (exact) mass is 334 g/mol. The number of nitrogens with one attached hydrogen (secondary N) is 2. The second-order valence-corrected chi connectivity index (χ2v) is 8.61. The van der Waals surface area contributed by atoms with Crippen molar-refractivity contribution in [2.75, 3.05) is 31.1 Å². The van der Waals surface area contributed by atoms with E-state index >= 15 is 0 Å². The fourth-order valence-electron chi connectivity index (χ4n) is 2.23. The molecule has 1 aromatic rings. The second-order valence-electron chi connectivity index (χ2n) is 5.06. The Labute approximate surface area is 128 Å². The molecule has 0 aliphatic carbocycles. The first-order chi connectivity index (χ1) is 9.96. The Bertz CT molecular complexity index is 602. The van der Waals surface area contributed by atoms with Crippen LogP contribution >= 0.6 is 0 Å². The number of nitrogens with zero attached hydrogens (tertiary/aromatic N) is 2. The molecule has 0 unspecified atom stereocenters. The summed E-state index contributed by atoms with van der Waals surface area (Å²) in [7, 11) is -4.52. The Morgan fingerprint density at radius 3 is 2.67 bits per heavy atom. The summed E-state index contributed by atoms with van der Waals surface area (Å²) < 4.78 is 38.1.